The molecule has 1 atom stereocenters. The maximum Gasteiger partial charge on any atom is 0.242 e. The number of carbonyl (C=O) groups excluding carboxylic acids is 1. The number of likely N-dealkylation sites (N-methyl/N-ethyl adjacent to an activating group) is 1. The lowest BCUT2D eigenvalue weighted by Crippen LogP contribution is -2.37. The van der Waals surface area contributed by atoms with Gasteiger partial charge in [-0.1, -0.05) is 0 Å². The number of rotatable bonds is 5. The molecule has 0 radical (unpaired) electrons. The molecule has 1 aromatic heterocycles. The third kappa shape index (κ3) is 3.85. The Kier molecular flexibility index (Phi) is 5.14. The van der Waals surface area contributed by atoms with Crippen molar-refractivity contribution in [3.8, 4) is 0 Å². The largest absolute Gasteiger partial charge is 0.358 e. The molecule has 1 aromatic rings. The summed E-state index contributed by atoms with van der Waals surface area (Å²) < 4.78 is 0.715. The number of nitrogens with one attached hydrogen (secondary N) is 3. The summed E-state index contributed by atoms with van der Waals surface area (Å²) in [6.07, 6.45) is 1.63. The van der Waals surface area contributed by atoms with Crippen LogP contribution in [0, 0.1) is 0 Å². The topological polar surface area (TPSA) is 78.9 Å². The van der Waals surface area contributed by atoms with Gasteiger partial charge in [0.05, 0.1) is 4.47 Å². The molecule has 0 aromatic carbocycles. The molecule has 0 saturated heterocycles. The molecule has 6 nitrogen and oxygen atoms in total. The van der Waals surface area contributed by atoms with Crippen molar-refractivity contribution in [3.05, 3.63) is 10.7 Å². The van der Waals surface area contributed by atoms with Crippen LogP contribution in [0.3, 0.4) is 0 Å². The Morgan fingerprint density at radius 3 is 2.88 bits per heavy atom. The first-order chi connectivity index (χ1) is 8.08. The van der Waals surface area contributed by atoms with Crippen LogP contribution in [-0.4, -0.2) is 35.5 Å². The Bertz CT molecular complexity index is 398. The van der Waals surface area contributed by atoms with Gasteiger partial charge >= 0.3 is 0 Å². The molecule has 0 aliphatic carbocycles. The van der Waals surface area contributed by atoms with Gasteiger partial charge in [-0.15, -0.1) is 0 Å². The minimum atomic E-state index is -0.356. The molecule has 0 spiro atoms. The lowest BCUT2D eigenvalue weighted by Gasteiger charge is -2.15. The van der Waals surface area contributed by atoms with Crippen LogP contribution in [0.15, 0.2) is 10.7 Å². The summed E-state index contributed by atoms with van der Waals surface area (Å²) in [5.74, 6) is 1.02. The highest BCUT2D eigenvalue weighted by Crippen LogP contribution is 2.20. The number of carbonyl (C=O) groups is 1. The molecule has 17 heavy (non-hydrogen) atoms. The van der Waals surface area contributed by atoms with E-state index in [4.69, 9.17) is 0 Å². The Hall–Kier alpha value is -1.37. The van der Waals surface area contributed by atoms with Gasteiger partial charge in [0.2, 0.25) is 11.9 Å². The molecular formula is C10H16BrN5O. The molecule has 0 aliphatic heterocycles. The Morgan fingerprint density at radius 1 is 1.59 bits per heavy atom. The number of amides is 1. The van der Waals surface area contributed by atoms with Gasteiger partial charge in [0, 0.05) is 19.8 Å². The standard InChI is InChI=1S/C10H16BrN5O/c1-4-13-9(17)6(2)15-8-7(11)5-14-10(12-3)16-8/h5-6H,4H2,1-3H3,(H,13,17)(H2,12,14,15,16). The third-order valence-electron chi connectivity index (χ3n) is 2.07. The smallest absolute Gasteiger partial charge is 0.242 e. The van der Waals surface area contributed by atoms with Gasteiger partial charge in [-0.05, 0) is 29.8 Å². The first kappa shape index (κ1) is 13.7. The van der Waals surface area contributed by atoms with Gasteiger partial charge in [0.25, 0.3) is 0 Å². The van der Waals surface area contributed by atoms with Crippen molar-refractivity contribution in [1.29, 1.82) is 0 Å². The summed E-state index contributed by atoms with van der Waals surface area (Å²) in [7, 11) is 1.74. The van der Waals surface area contributed by atoms with Gasteiger partial charge in [-0.3, -0.25) is 4.79 Å². The number of halogens is 1. The molecule has 1 amide bonds. The summed E-state index contributed by atoms with van der Waals surface area (Å²) in [5, 5.41) is 8.60. The van der Waals surface area contributed by atoms with E-state index in [2.05, 4.69) is 41.8 Å². The fourth-order valence-electron chi connectivity index (χ4n) is 1.19. The number of hydrogen-bond acceptors (Lipinski definition) is 5. The number of hydrogen-bond donors (Lipinski definition) is 3. The fourth-order valence-corrected chi connectivity index (χ4v) is 1.49. The van der Waals surface area contributed by atoms with E-state index >= 15 is 0 Å². The monoisotopic (exact) mass is 301 g/mol. The second kappa shape index (κ2) is 6.39. The minimum Gasteiger partial charge on any atom is -0.358 e. The van der Waals surface area contributed by atoms with Gasteiger partial charge in [-0.2, -0.15) is 4.98 Å². The Balaban J connectivity index is 2.76. The fraction of sp³-hybridized carbons (Fsp3) is 0.500. The van der Waals surface area contributed by atoms with Crippen LogP contribution in [0.4, 0.5) is 11.8 Å². The van der Waals surface area contributed by atoms with E-state index in [0.29, 0.717) is 22.8 Å². The zero-order chi connectivity index (χ0) is 12.8. The van der Waals surface area contributed by atoms with Gasteiger partial charge in [0.15, 0.2) is 0 Å². The van der Waals surface area contributed by atoms with E-state index in [1.54, 1.807) is 20.2 Å². The molecule has 1 rings (SSSR count). The average Bonchev–Trinajstić information content (AvgIpc) is 2.32. The van der Waals surface area contributed by atoms with E-state index in [9.17, 15) is 4.79 Å². The van der Waals surface area contributed by atoms with Crippen molar-refractivity contribution in [3.63, 3.8) is 0 Å². The van der Waals surface area contributed by atoms with Crippen molar-refractivity contribution in [1.82, 2.24) is 15.3 Å². The van der Waals surface area contributed by atoms with Crippen molar-refractivity contribution in [2.75, 3.05) is 24.2 Å². The first-order valence-corrected chi connectivity index (χ1v) is 6.12. The van der Waals surface area contributed by atoms with Crippen LogP contribution in [0.5, 0.6) is 0 Å². The quantitative estimate of drug-likeness (QED) is 0.762. The maximum absolute atomic E-state index is 11.6. The van der Waals surface area contributed by atoms with Crippen molar-refractivity contribution in [2.24, 2.45) is 0 Å². The van der Waals surface area contributed by atoms with Crippen molar-refractivity contribution >= 4 is 33.6 Å². The SMILES string of the molecule is CCNC(=O)C(C)Nc1nc(NC)ncc1Br. The molecule has 3 N–H and O–H groups in total. The van der Waals surface area contributed by atoms with Crippen LogP contribution < -0.4 is 16.0 Å². The van der Waals surface area contributed by atoms with Crippen LogP contribution in [-0.2, 0) is 4.79 Å². The van der Waals surface area contributed by atoms with E-state index in [1.807, 2.05) is 6.92 Å². The molecule has 1 heterocycles. The van der Waals surface area contributed by atoms with Gasteiger partial charge in [0.1, 0.15) is 11.9 Å². The highest BCUT2D eigenvalue weighted by Gasteiger charge is 2.14. The molecule has 0 bridgehead atoms. The predicted molar refractivity (Wildman–Crippen MR) is 71.0 cm³/mol. The summed E-state index contributed by atoms with van der Waals surface area (Å²) in [5.41, 5.74) is 0. The maximum atomic E-state index is 11.6. The zero-order valence-electron chi connectivity index (χ0n) is 10.0. The average molecular weight is 302 g/mol. The molecule has 94 valence electrons. The molecule has 0 aliphatic rings. The number of anilines is 2. The van der Waals surface area contributed by atoms with Crippen molar-refractivity contribution < 1.29 is 4.79 Å². The van der Waals surface area contributed by atoms with E-state index in [1.165, 1.54) is 0 Å². The normalized spacial score (nSPS) is 11.8. The van der Waals surface area contributed by atoms with Gasteiger partial charge < -0.3 is 16.0 Å². The highest BCUT2D eigenvalue weighted by molar-refractivity contribution is 9.10. The van der Waals surface area contributed by atoms with E-state index < -0.39 is 0 Å². The summed E-state index contributed by atoms with van der Waals surface area (Å²) in [6.45, 7) is 4.26. The van der Waals surface area contributed by atoms with Crippen LogP contribution in [0.25, 0.3) is 0 Å². The Labute approximate surface area is 109 Å². The molecule has 0 fully saturated rings. The van der Waals surface area contributed by atoms with E-state index in [0.717, 1.165) is 0 Å². The molecule has 7 heteroatoms. The summed E-state index contributed by atoms with van der Waals surface area (Å²) >= 11 is 3.33. The second-order valence-corrected chi connectivity index (χ2v) is 4.26. The molecule has 1 unspecified atom stereocenters. The van der Waals surface area contributed by atoms with E-state index in [-0.39, 0.29) is 11.9 Å². The first-order valence-electron chi connectivity index (χ1n) is 5.33. The molecular weight excluding hydrogens is 286 g/mol. The minimum absolute atomic E-state index is 0.0657. The number of nitrogens with zero attached hydrogens (tertiary/aromatic N) is 2. The Morgan fingerprint density at radius 2 is 2.29 bits per heavy atom. The van der Waals surface area contributed by atoms with Crippen LogP contribution >= 0.6 is 15.9 Å². The summed E-state index contributed by atoms with van der Waals surface area (Å²) in [4.78, 5) is 19.8. The lowest BCUT2D eigenvalue weighted by atomic mass is 10.3. The zero-order valence-corrected chi connectivity index (χ0v) is 11.6. The van der Waals surface area contributed by atoms with Crippen LogP contribution in [0.1, 0.15) is 13.8 Å². The van der Waals surface area contributed by atoms with Gasteiger partial charge in [-0.25, -0.2) is 4.98 Å². The van der Waals surface area contributed by atoms with Crippen LogP contribution in [0.2, 0.25) is 0 Å². The highest BCUT2D eigenvalue weighted by atomic mass is 79.9. The third-order valence-corrected chi connectivity index (χ3v) is 2.65. The number of aromatic nitrogens is 2. The second-order valence-electron chi connectivity index (χ2n) is 3.40. The molecule has 0 saturated carbocycles. The lowest BCUT2D eigenvalue weighted by molar-refractivity contribution is -0.121. The predicted octanol–water partition coefficient (Wildman–Crippen LogP) is 1.22. The van der Waals surface area contributed by atoms with Crippen molar-refractivity contribution in [2.45, 2.75) is 19.9 Å². The summed E-state index contributed by atoms with van der Waals surface area (Å²) in [6, 6.07) is -0.356.